The molecule has 2 aromatic carbocycles. The number of aromatic amines is 1. The Balaban J connectivity index is 0.000000481. The summed E-state index contributed by atoms with van der Waals surface area (Å²) in [5.74, 6) is 0. The van der Waals surface area contributed by atoms with Crippen molar-refractivity contribution in [3.63, 3.8) is 0 Å². The van der Waals surface area contributed by atoms with Crippen molar-refractivity contribution in [2.45, 2.75) is 47.1 Å². The SMILES string of the molecule is C=CCC(=C)S/C=C\C.CC.CNc1cc2c(/C=C/c3cccc(CN(C)CCc4ccccn4)c3)n[nH]c2cc1C. The molecule has 0 aliphatic carbocycles. The molecule has 0 aliphatic heterocycles. The number of hydrogen-bond acceptors (Lipinski definition) is 5. The van der Waals surface area contributed by atoms with Gasteiger partial charge in [0.15, 0.2) is 0 Å². The van der Waals surface area contributed by atoms with Crippen LogP contribution in [-0.4, -0.2) is 40.7 Å². The Hall–Kier alpha value is -3.87. The lowest BCUT2D eigenvalue weighted by atomic mass is 10.1. The number of hydrogen-bond donors (Lipinski definition) is 2. The van der Waals surface area contributed by atoms with Gasteiger partial charge in [0, 0.05) is 49.5 Å². The number of H-pyrrole nitrogens is 1. The van der Waals surface area contributed by atoms with Gasteiger partial charge in [0.05, 0.1) is 11.2 Å². The number of rotatable bonds is 12. The van der Waals surface area contributed by atoms with Crippen molar-refractivity contribution in [3.8, 4) is 0 Å². The largest absolute Gasteiger partial charge is 0.388 e. The minimum Gasteiger partial charge on any atom is -0.388 e. The minimum absolute atomic E-state index is 0.898. The first-order chi connectivity index (χ1) is 20.4. The van der Waals surface area contributed by atoms with Gasteiger partial charge in [-0.1, -0.05) is 69.0 Å². The van der Waals surface area contributed by atoms with E-state index >= 15 is 0 Å². The average molecular weight is 582 g/mol. The summed E-state index contributed by atoms with van der Waals surface area (Å²) in [4.78, 5) is 7.88. The summed E-state index contributed by atoms with van der Waals surface area (Å²) in [6.07, 6.45) is 11.8. The lowest BCUT2D eigenvalue weighted by Crippen LogP contribution is -2.21. The molecule has 0 aliphatic rings. The summed E-state index contributed by atoms with van der Waals surface area (Å²) >= 11 is 1.65. The number of anilines is 1. The molecule has 4 rings (SSSR count). The third kappa shape index (κ3) is 11.6. The molecule has 0 bridgehead atoms. The van der Waals surface area contributed by atoms with E-state index in [4.69, 9.17) is 0 Å². The topological polar surface area (TPSA) is 56.8 Å². The number of benzene rings is 2. The lowest BCUT2D eigenvalue weighted by molar-refractivity contribution is 0.330. The molecule has 0 atom stereocenters. The summed E-state index contributed by atoms with van der Waals surface area (Å²) in [5, 5.41) is 14.0. The van der Waals surface area contributed by atoms with Gasteiger partial charge in [0.2, 0.25) is 0 Å². The average Bonchev–Trinajstić information content (AvgIpc) is 3.41. The fraction of sp³-hybridized carbons (Fsp3) is 0.278. The van der Waals surface area contributed by atoms with E-state index in [0.29, 0.717) is 0 Å². The highest BCUT2D eigenvalue weighted by Gasteiger charge is 2.07. The maximum Gasteiger partial charge on any atom is 0.0928 e. The van der Waals surface area contributed by atoms with E-state index in [1.54, 1.807) is 11.8 Å². The maximum absolute atomic E-state index is 4.50. The number of aryl methyl sites for hydroxylation is 1. The molecule has 2 heterocycles. The molecule has 0 radical (unpaired) electrons. The van der Waals surface area contributed by atoms with Crippen molar-refractivity contribution >= 4 is 40.5 Å². The Labute approximate surface area is 257 Å². The van der Waals surface area contributed by atoms with Crippen LogP contribution in [0, 0.1) is 6.92 Å². The van der Waals surface area contributed by atoms with Gasteiger partial charge >= 0.3 is 0 Å². The second-order valence-corrected chi connectivity index (χ2v) is 10.7. The fourth-order valence-electron chi connectivity index (χ4n) is 4.18. The van der Waals surface area contributed by atoms with Gasteiger partial charge in [0.25, 0.3) is 0 Å². The number of nitrogens with one attached hydrogen (secondary N) is 2. The first-order valence-corrected chi connectivity index (χ1v) is 15.4. The summed E-state index contributed by atoms with van der Waals surface area (Å²) in [6.45, 7) is 17.4. The number of allylic oxidation sites excluding steroid dienone is 3. The molecule has 5 nitrogen and oxygen atoms in total. The van der Waals surface area contributed by atoms with E-state index in [0.717, 1.165) is 58.8 Å². The van der Waals surface area contributed by atoms with E-state index in [1.165, 1.54) is 16.7 Å². The summed E-state index contributed by atoms with van der Waals surface area (Å²) < 4.78 is 0. The van der Waals surface area contributed by atoms with Gasteiger partial charge in [0.1, 0.15) is 0 Å². The standard InChI is InChI=1S/C26H29N5.C8H12S.C2H6/c1-19-15-26-23(17-25(19)27-2)24(29-30-26)11-10-20-7-6-8-21(16-20)18-31(3)14-12-22-9-4-5-13-28-22;1-4-6-8(3)9-7-5-2;1-2/h4-11,13,15-17,27H,12,14,18H2,1-3H3,(H,29,30);4-5,7H,1,3,6H2,2H3;1-2H3/b11-10+;7-5-;. The molecule has 42 heavy (non-hydrogen) atoms. The molecule has 0 fully saturated rings. The van der Waals surface area contributed by atoms with Crippen LogP contribution < -0.4 is 5.32 Å². The fourth-order valence-corrected chi connectivity index (χ4v) is 4.72. The van der Waals surface area contributed by atoms with Crippen LogP contribution in [0.4, 0.5) is 5.69 Å². The van der Waals surface area contributed by atoms with Crippen molar-refractivity contribution in [1.82, 2.24) is 20.1 Å². The quantitative estimate of drug-likeness (QED) is 0.163. The Morgan fingerprint density at radius 2 is 1.90 bits per heavy atom. The van der Waals surface area contributed by atoms with Crippen LogP contribution in [-0.2, 0) is 13.0 Å². The second kappa shape index (κ2) is 19.3. The van der Waals surface area contributed by atoms with Gasteiger partial charge < -0.3 is 10.2 Å². The molecule has 0 saturated carbocycles. The lowest BCUT2D eigenvalue weighted by Gasteiger charge is -2.16. The highest BCUT2D eigenvalue weighted by Crippen LogP contribution is 2.25. The summed E-state index contributed by atoms with van der Waals surface area (Å²) in [5.41, 5.74) is 7.93. The molecule has 4 aromatic rings. The predicted molar refractivity (Wildman–Crippen MR) is 188 cm³/mol. The molecule has 2 aromatic heterocycles. The molecule has 6 heteroatoms. The first kappa shape index (κ1) is 34.3. The zero-order valence-electron chi connectivity index (χ0n) is 26.2. The molecule has 0 unspecified atom stereocenters. The van der Waals surface area contributed by atoms with Gasteiger partial charge in [-0.25, -0.2) is 0 Å². The maximum atomic E-state index is 4.50. The van der Waals surface area contributed by atoms with Crippen LogP contribution in [0.25, 0.3) is 23.1 Å². The van der Waals surface area contributed by atoms with Crippen LogP contribution in [0.3, 0.4) is 0 Å². The van der Waals surface area contributed by atoms with Crippen LogP contribution in [0.15, 0.2) is 96.4 Å². The Morgan fingerprint density at radius 1 is 1.10 bits per heavy atom. The predicted octanol–water partition coefficient (Wildman–Crippen LogP) is 9.52. The minimum atomic E-state index is 0.898. The van der Waals surface area contributed by atoms with Crippen molar-refractivity contribution in [2.24, 2.45) is 0 Å². The van der Waals surface area contributed by atoms with Crippen LogP contribution >= 0.6 is 11.8 Å². The van der Waals surface area contributed by atoms with E-state index in [2.05, 4.69) is 107 Å². The molecular weight excluding hydrogens is 534 g/mol. The van der Waals surface area contributed by atoms with E-state index in [1.807, 2.05) is 63.7 Å². The molecule has 0 amide bonds. The molecule has 0 saturated heterocycles. The van der Waals surface area contributed by atoms with Crippen molar-refractivity contribution in [2.75, 3.05) is 26.0 Å². The van der Waals surface area contributed by atoms with Gasteiger partial charge in [-0.2, -0.15) is 5.10 Å². The van der Waals surface area contributed by atoms with E-state index in [-0.39, 0.29) is 0 Å². The zero-order valence-corrected chi connectivity index (χ0v) is 27.0. The van der Waals surface area contributed by atoms with E-state index in [9.17, 15) is 0 Å². The van der Waals surface area contributed by atoms with Gasteiger partial charge in [-0.3, -0.25) is 10.1 Å². The number of pyridine rings is 1. The highest BCUT2D eigenvalue weighted by atomic mass is 32.2. The monoisotopic (exact) mass is 581 g/mol. The number of fused-ring (bicyclic) bond motifs is 1. The van der Waals surface area contributed by atoms with Crippen molar-refractivity contribution in [3.05, 3.63) is 124 Å². The van der Waals surface area contributed by atoms with Crippen LogP contribution in [0.5, 0.6) is 0 Å². The highest BCUT2D eigenvalue weighted by molar-refractivity contribution is 8.05. The van der Waals surface area contributed by atoms with E-state index < -0.39 is 0 Å². The third-order valence-electron chi connectivity index (χ3n) is 6.26. The van der Waals surface area contributed by atoms with Crippen LogP contribution in [0.2, 0.25) is 0 Å². The summed E-state index contributed by atoms with van der Waals surface area (Å²) in [7, 11) is 4.10. The second-order valence-electron chi connectivity index (χ2n) is 9.58. The van der Waals surface area contributed by atoms with Crippen LogP contribution in [0.1, 0.15) is 55.3 Å². The molecule has 222 valence electrons. The number of thioether (sulfide) groups is 1. The van der Waals surface area contributed by atoms with Crippen molar-refractivity contribution in [1.29, 1.82) is 0 Å². The van der Waals surface area contributed by atoms with Gasteiger partial charge in [-0.15, -0.1) is 18.3 Å². The molecule has 2 N–H and O–H groups in total. The Morgan fingerprint density at radius 3 is 2.60 bits per heavy atom. The molecule has 0 spiro atoms. The van der Waals surface area contributed by atoms with Crippen molar-refractivity contribution < 1.29 is 0 Å². The normalized spacial score (nSPS) is 10.8. The third-order valence-corrected chi connectivity index (χ3v) is 7.17. The summed E-state index contributed by atoms with van der Waals surface area (Å²) in [6, 6.07) is 19.0. The first-order valence-electron chi connectivity index (χ1n) is 14.5. The smallest absolute Gasteiger partial charge is 0.0928 e. The van der Waals surface area contributed by atoms with Gasteiger partial charge in [-0.05, 0) is 84.7 Å². The Kier molecular flexibility index (Phi) is 15.8. The number of nitrogens with zero attached hydrogens (tertiary/aromatic N) is 3. The Bertz CT molecular complexity index is 1440. The number of aromatic nitrogens is 3. The molecular formula is C36H47N5S. The zero-order chi connectivity index (χ0) is 30.7. The number of likely N-dealkylation sites (N-methyl/N-ethyl adjacent to an activating group) is 1.